The number of rotatable bonds is 8. The van der Waals surface area contributed by atoms with Crippen LogP contribution < -0.4 is 5.32 Å². The van der Waals surface area contributed by atoms with Crippen LogP contribution in [0, 0.1) is 0 Å². The molecule has 0 bridgehead atoms. The number of hydrogen-bond donors (Lipinski definition) is 1. The topological polar surface area (TPSA) is 24.5 Å². The first-order chi connectivity index (χ1) is 8.26. The lowest BCUT2D eigenvalue weighted by Crippen LogP contribution is -2.42. The maximum absolute atomic E-state index is 5.49. The summed E-state index contributed by atoms with van der Waals surface area (Å²) in [5, 5.41) is 3.69. The van der Waals surface area contributed by atoms with Crippen molar-refractivity contribution in [1.82, 2.24) is 10.2 Å². The second-order valence-corrected chi connectivity index (χ2v) is 5.15. The molecule has 0 saturated carbocycles. The lowest BCUT2D eigenvalue weighted by Gasteiger charge is -2.27. The highest BCUT2D eigenvalue weighted by molar-refractivity contribution is 4.74. The zero-order chi connectivity index (χ0) is 12.5. The van der Waals surface area contributed by atoms with Crippen molar-refractivity contribution < 1.29 is 4.74 Å². The Labute approximate surface area is 107 Å². The standard InChI is InChI=1S/C14H30N2O/c1-4-16(5-2)10-6-8-13(3)15-14-9-7-11-17-12-14/h13-15H,4-12H2,1-3H3. The van der Waals surface area contributed by atoms with E-state index in [-0.39, 0.29) is 0 Å². The van der Waals surface area contributed by atoms with Crippen molar-refractivity contribution in [2.24, 2.45) is 0 Å². The van der Waals surface area contributed by atoms with E-state index < -0.39 is 0 Å². The predicted molar refractivity (Wildman–Crippen MR) is 73.5 cm³/mol. The molecule has 2 atom stereocenters. The summed E-state index contributed by atoms with van der Waals surface area (Å²) in [4.78, 5) is 2.50. The van der Waals surface area contributed by atoms with Gasteiger partial charge in [0, 0.05) is 18.7 Å². The molecule has 3 nitrogen and oxygen atoms in total. The number of ether oxygens (including phenoxy) is 1. The molecule has 102 valence electrons. The van der Waals surface area contributed by atoms with Crippen molar-refractivity contribution in [3.05, 3.63) is 0 Å². The molecule has 0 aromatic carbocycles. The van der Waals surface area contributed by atoms with E-state index in [0.29, 0.717) is 12.1 Å². The molecule has 2 unspecified atom stereocenters. The molecule has 1 fully saturated rings. The van der Waals surface area contributed by atoms with Gasteiger partial charge < -0.3 is 15.0 Å². The van der Waals surface area contributed by atoms with Crippen LogP contribution in [0.1, 0.15) is 46.5 Å². The summed E-state index contributed by atoms with van der Waals surface area (Å²) in [6, 6.07) is 1.21. The molecule has 1 aliphatic rings. The molecular formula is C14H30N2O. The van der Waals surface area contributed by atoms with Crippen LogP contribution in [0.15, 0.2) is 0 Å². The molecule has 0 radical (unpaired) electrons. The molecular weight excluding hydrogens is 212 g/mol. The molecule has 1 rings (SSSR count). The Morgan fingerprint density at radius 2 is 2.12 bits per heavy atom. The lowest BCUT2D eigenvalue weighted by molar-refractivity contribution is 0.0665. The lowest BCUT2D eigenvalue weighted by atomic mass is 10.1. The van der Waals surface area contributed by atoms with E-state index in [1.165, 1.54) is 45.3 Å². The maximum atomic E-state index is 5.49. The summed E-state index contributed by atoms with van der Waals surface area (Å²) in [5.74, 6) is 0. The summed E-state index contributed by atoms with van der Waals surface area (Å²) < 4.78 is 5.49. The average Bonchev–Trinajstić information content (AvgIpc) is 2.36. The summed E-state index contributed by atoms with van der Waals surface area (Å²) >= 11 is 0. The van der Waals surface area contributed by atoms with Gasteiger partial charge in [-0.25, -0.2) is 0 Å². The van der Waals surface area contributed by atoms with Crippen LogP contribution in [0.25, 0.3) is 0 Å². The Morgan fingerprint density at radius 1 is 1.35 bits per heavy atom. The van der Waals surface area contributed by atoms with Crippen LogP contribution in [-0.4, -0.2) is 49.8 Å². The largest absolute Gasteiger partial charge is 0.380 e. The molecule has 1 aliphatic heterocycles. The molecule has 1 N–H and O–H groups in total. The highest BCUT2D eigenvalue weighted by Gasteiger charge is 2.15. The number of hydrogen-bond acceptors (Lipinski definition) is 3. The fraction of sp³-hybridized carbons (Fsp3) is 1.00. The van der Waals surface area contributed by atoms with Gasteiger partial charge in [0.1, 0.15) is 0 Å². The van der Waals surface area contributed by atoms with Gasteiger partial charge in [0.15, 0.2) is 0 Å². The Bertz CT molecular complexity index is 177. The second kappa shape index (κ2) is 8.90. The highest BCUT2D eigenvalue weighted by atomic mass is 16.5. The number of nitrogens with one attached hydrogen (secondary N) is 1. The van der Waals surface area contributed by atoms with Crippen molar-refractivity contribution in [3.63, 3.8) is 0 Å². The van der Waals surface area contributed by atoms with Crippen molar-refractivity contribution in [2.75, 3.05) is 32.8 Å². The first-order valence-electron chi connectivity index (χ1n) is 7.32. The first-order valence-corrected chi connectivity index (χ1v) is 7.32. The van der Waals surface area contributed by atoms with Crippen molar-refractivity contribution in [1.29, 1.82) is 0 Å². The molecule has 0 amide bonds. The average molecular weight is 242 g/mol. The highest BCUT2D eigenvalue weighted by Crippen LogP contribution is 2.08. The zero-order valence-corrected chi connectivity index (χ0v) is 11.9. The SMILES string of the molecule is CCN(CC)CCCC(C)NC1CCCOC1. The second-order valence-electron chi connectivity index (χ2n) is 5.15. The minimum atomic E-state index is 0.590. The van der Waals surface area contributed by atoms with Crippen molar-refractivity contribution in [2.45, 2.75) is 58.5 Å². The Hall–Kier alpha value is -0.120. The van der Waals surface area contributed by atoms with Gasteiger partial charge in [-0.15, -0.1) is 0 Å². The van der Waals surface area contributed by atoms with Crippen LogP contribution in [-0.2, 0) is 4.74 Å². The third-order valence-electron chi connectivity index (χ3n) is 3.69. The van der Waals surface area contributed by atoms with Gasteiger partial charge in [0.25, 0.3) is 0 Å². The van der Waals surface area contributed by atoms with Gasteiger partial charge in [0.2, 0.25) is 0 Å². The Morgan fingerprint density at radius 3 is 2.71 bits per heavy atom. The Kier molecular flexibility index (Phi) is 7.82. The van der Waals surface area contributed by atoms with Gasteiger partial charge in [-0.2, -0.15) is 0 Å². The third kappa shape index (κ3) is 6.39. The van der Waals surface area contributed by atoms with Crippen LogP contribution in [0.3, 0.4) is 0 Å². The fourth-order valence-corrected chi connectivity index (χ4v) is 2.52. The zero-order valence-electron chi connectivity index (χ0n) is 11.9. The normalized spacial score (nSPS) is 22.9. The molecule has 1 saturated heterocycles. The first kappa shape index (κ1) is 14.9. The summed E-state index contributed by atoms with van der Waals surface area (Å²) in [7, 11) is 0. The predicted octanol–water partition coefficient (Wildman–Crippen LogP) is 2.27. The fourth-order valence-electron chi connectivity index (χ4n) is 2.52. The van der Waals surface area contributed by atoms with Gasteiger partial charge in [-0.05, 0) is 52.2 Å². The molecule has 3 heteroatoms. The van der Waals surface area contributed by atoms with Gasteiger partial charge in [-0.3, -0.25) is 0 Å². The quantitative estimate of drug-likeness (QED) is 0.706. The van der Waals surface area contributed by atoms with Crippen molar-refractivity contribution in [3.8, 4) is 0 Å². The molecule has 0 spiro atoms. The van der Waals surface area contributed by atoms with E-state index in [0.717, 1.165) is 13.2 Å². The maximum Gasteiger partial charge on any atom is 0.0619 e. The molecule has 0 aromatic rings. The molecule has 17 heavy (non-hydrogen) atoms. The van der Waals surface area contributed by atoms with Gasteiger partial charge >= 0.3 is 0 Å². The summed E-state index contributed by atoms with van der Waals surface area (Å²) in [6.45, 7) is 12.2. The van der Waals surface area contributed by atoms with Crippen LogP contribution in [0.2, 0.25) is 0 Å². The monoisotopic (exact) mass is 242 g/mol. The molecule has 0 aliphatic carbocycles. The Balaban J connectivity index is 2.05. The van der Waals surface area contributed by atoms with Crippen LogP contribution in [0.4, 0.5) is 0 Å². The smallest absolute Gasteiger partial charge is 0.0619 e. The van der Waals surface area contributed by atoms with E-state index in [9.17, 15) is 0 Å². The van der Waals surface area contributed by atoms with Crippen LogP contribution in [0.5, 0.6) is 0 Å². The van der Waals surface area contributed by atoms with Gasteiger partial charge in [-0.1, -0.05) is 13.8 Å². The van der Waals surface area contributed by atoms with E-state index >= 15 is 0 Å². The summed E-state index contributed by atoms with van der Waals surface area (Å²) in [6.07, 6.45) is 5.06. The summed E-state index contributed by atoms with van der Waals surface area (Å²) in [5.41, 5.74) is 0. The molecule has 1 heterocycles. The van der Waals surface area contributed by atoms with Gasteiger partial charge in [0.05, 0.1) is 6.61 Å². The van der Waals surface area contributed by atoms with E-state index in [1.807, 2.05) is 0 Å². The van der Waals surface area contributed by atoms with Crippen molar-refractivity contribution >= 4 is 0 Å². The van der Waals surface area contributed by atoms with E-state index in [2.05, 4.69) is 31.0 Å². The van der Waals surface area contributed by atoms with E-state index in [4.69, 9.17) is 4.74 Å². The minimum Gasteiger partial charge on any atom is -0.380 e. The third-order valence-corrected chi connectivity index (χ3v) is 3.69. The molecule has 0 aromatic heterocycles. The van der Waals surface area contributed by atoms with Crippen LogP contribution >= 0.6 is 0 Å². The van der Waals surface area contributed by atoms with E-state index in [1.54, 1.807) is 0 Å². The minimum absolute atomic E-state index is 0.590. The number of nitrogens with zero attached hydrogens (tertiary/aromatic N) is 1.